The van der Waals surface area contributed by atoms with Gasteiger partial charge in [-0.3, -0.25) is 0 Å². The van der Waals surface area contributed by atoms with E-state index in [1.807, 2.05) is 48.5 Å². The minimum absolute atomic E-state index is 0.288. The molecule has 4 rings (SSSR count). The minimum Gasteiger partial charge on any atom is -0.490 e. The molecule has 0 aromatic heterocycles. The van der Waals surface area contributed by atoms with Gasteiger partial charge in [0, 0.05) is 36.7 Å². The summed E-state index contributed by atoms with van der Waals surface area (Å²) < 4.78 is 10.9. The molecular weight excluding hydrogens is 432 g/mol. The first-order chi connectivity index (χ1) is 16.6. The summed E-state index contributed by atoms with van der Waals surface area (Å²) >= 11 is 0. The van der Waals surface area contributed by atoms with E-state index in [2.05, 4.69) is 20.9 Å². The van der Waals surface area contributed by atoms with Crippen LogP contribution in [0.5, 0.6) is 5.75 Å². The number of nitrogens with zero attached hydrogens (tertiary/aromatic N) is 1. The zero-order valence-corrected chi connectivity index (χ0v) is 19.7. The van der Waals surface area contributed by atoms with Gasteiger partial charge in [-0.1, -0.05) is 0 Å². The first-order valence-corrected chi connectivity index (χ1v) is 12.2. The Morgan fingerprint density at radius 1 is 0.941 bits per heavy atom. The molecule has 1 atom stereocenters. The van der Waals surface area contributed by atoms with Gasteiger partial charge >= 0.3 is 12.1 Å². The van der Waals surface area contributed by atoms with Crippen LogP contribution in [-0.4, -0.2) is 44.5 Å². The number of alkyl carbamates (subject to hydrolysis) is 1. The van der Waals surface area contributed by atoms with Gasteiger partial charge in [-0.05, 0) is 93.5 Å². The normalized spacial score (nSPS) is 17.9. The highest BCUT2D eigenvalue weighted by molar-refractivity contribution is 5.99. The maximum Gasteiger partial charge on any atom is 0.407 e. The SMILES string of the molecule is CCOC(=O)NCC1CCN(c2ccc(NC(=O)Nc3ccc(OC4CCCC4)cc3)cc2)C1. The second-order valence-electron chi connectivity index (χ2n) is 8.88. The fourth-order valence-electron chi connectivity index (χ4n) is 4.51. The van der Waals surface area contributed by atoms with Crippen molar-refractivity contribution in [3.8, 4) is 5.75 Å². The third kappa shape index (κ3) is 6.79. The van der Waals surface area contributed by atoms with Gasteiger partial charge in [-0.25, -0.2) is 9.59 Å². The lowest BCUT2D eigenvalue weighted by Crippen LogP contribution is -2.31. The molecule has 3 N–H and O–H groups in total. The van der Waals surface area contributed by atoms with E-state index in [-0.39, 0.29) is 12.1 Å². The molecule has 1 saturated carbocycles. The van der Waals surface area contributed by atoms with Gasteiger partial charge in [-0.15, -0.1) is 0 Å². The Bertz CT molecular complexity index is 942. The first kappa shape index (κ1) is 23.7. The van der Waals surface area contributed by atoms with Crippen molar-refractivity contribution in [1.82, 2.24) is 5.32 Å². The molecule has 2 aliphatic rings. The predicted molar refractivity (Wildman–Crippen MR) is 134 cm³/mol. The summed E-state index contributed by atoms with van der Waals surface area (Å²) in [6, 6.07) is 15.0. The third-order valence-electron chi connectivity index (χ3n) is 6.30. The van der Waals surface area contributed by atoms with Crippen LogP contribution in [-0.2, 0) is 4.74 Å². The monoisotopic (exact) mass is 466 g/mol. The summed E-state index contributed by atoms with van der Waals surface area (Å²) in [7, 11) is 0. The maximum atomic E-state index is 12.4. The number of anilines is 3. The van der Waals surface area contributed by atoms with Gasteiger partial charge < -0.3 is 30.3 Å². The van der Waals surface area contributed by atoms with Crippen molar-refractivity contribution in [3.63, 3.8) is 0 Å². The number of ether oxygens (including phenoxy) is 2. The highest BCUT2D eigenvalue weighted by Gasteiger charge is 2.23. The average Bonchev–Trinajstić information content (AvgIpc) is 3.52. The standard InChI is InChI=1S/C26H34N4O4/c1-2-33-26(32)27-17-19-15-16-30(18-19)22-11-7-20(8-12-22)28-25(31)29-21-9-13-24(14-10-21)34-23-5-3-4-6-23/h7-14,19,23H,2-6,15-18H2,1H3,(H,27,32)(H2,28,29,31). The van der Waals surface area contributed by atoms with Gasteiger partial charge in [0.1, 0.15) is 5.75 Å². The molecule has 2 fully saturated rings. The van der Waals surface area contributed by atoms with Crippen LogP contribution in [0.3, 0.4) is 0 Å². The molecule has 34 heavy (non-hydrogen) atoms. The van der Waals surface area contributed by atoms with E-state index in [0.717, 1.165) is 49.5 Å². The average molecular weight is 467 g/mol. The number of benzene rings is 2. The Morgan fingerprint density at radius 2 is 1.59 bits per heavy atom. The van der Waals surface area contributed by atoms with Crippen molar-refractivity contribution in [3.05, 3.63) is 48.5 Å². The van der Waals surface area contributed by atoms with Crippen LogP contribution in [0.15, 0.2) is 48.5 Å². The molecule has 1 heterocycles. The quantitative estimate of drug-likeness (QED) is 0.496. The lowest BCUT2D eigenvalue weighted by Gasteiger charge is -2.19. The number of carbonyl (C=O) groups is 2. The van der Waals surface area contributed by atoms with Crippen LogP contribution in [0.25, 0.3) is 0 Å². The minimum atomic E-state index is -0.358. The van der Waals surface area contributed by atoms with E-state index in [9.17, 15) is 9.59 Å². The van der Waals surface area contributed by atoms with Crippen LogP contribution in [0.1, 0.15) is 39.0 Å². The second kappa shape index (κ2) is 11.6. The number of rotatable bonds is 8. The lowest BCUT2D eigenvalue weighted by atomic mass is 10.1. The molecule has 8 nitrogen and oxygen atoms in total. The van der Waals surface area contributed by atoms with E-state index in [4.69, 9.17) is 9.47 Å². The summed E-state index contributed by atoms with van der Waals surface area (Å²) in [5.41, 5.74) is 2.54. The van der Waals surface area contributed by atoms with Crippen LogP contribution < -0.4 is 25.6 Å². The van der Waals surface area contributed by atoms with E-state index in [1.54, 1.807) is 6.92 Å². The van der Waals surface area contributed by atoms with E-state index in [1.165, 1.54) is 12.8 Å². The van der Waals surface area contributed by atoms with Crippen molar-refractivity contribution in [2.45, 2.75) is 45.1 Å². The Labute approximate surface area is 201 Å². The lowest BCUT2D eigenvalue weighted by molar-refractivity contribution is 0.150. The molecule has 0 radical (unpaired) electrons. The highest BCUT2D eigenvalue weighted by Crippen LogP contribution is 2.26. The Balaban J connectivity index is 1.21. The number of carbonyl (C=O) groups excluding carboxylic acids is 2. The first-order valence-electron chi connectivity index (χ1n) is 12.2. The molecule has 1 unspecified atom stereocenters. The van der Waals surface area contributed by atoms with Gasteiger partial charge in [-0.2, -0.15) is 0 Å². The summed E-state index contributed by atoms with van der Waals surface area (Å²) in [4.78, 5) is 26.2. The van der Waals surface area contributed by atoms with Gasteiger partial charge in [0.25, 0.3) is 0 Å². The van der Waals surface area contributed by atoms with Crippen molar-refractivity contribution < 1.29 is 19.1 Å². The van der Waals surface area contributed by atoms with Crippen molar-refractivity contribution in [1.29, 1.82) is 0 Å². The molecule has 0 bridgehead atoms. The predicted octanol–water partition coefficient (Wildman–Crippen LogP) is 5.22. The molecule has 182 valence electrons. The van der Waals surface area contributed by atoms with E-state index >= 15 is 0 Å². The molecular formula is C26H34N4O4. The molecule has 1 saturated heterocycles. The number of nitrogens with one attached hydrogen (secondary N) is 3. The molecule has 8 heteroatoms. The highest BCUT2D eigenvalue weighted by atomic mass is 16.5. The second-order valence-corrected chi connectivity index (χ2v) is 8.88. The number of urea groups is 1. The summed E-state index contributed by atoms with van der Waals surface area (Å²) in [6.07, 6.45) is 5.68. The van der Waals surface area contributed by atoms with Crippen LogP contribution in [0.4, 0.5) is 26.7 Å². The van der Waals surface area contributed by atoms with Crippen LogP contribution in [0, 0.1) is 5.92 Å². The zero-order chi connectivity index (χ0) is 23.8. The van der Waals surface area contributed by atoms with Gasteiger partial charge in [0.2, 0.25) is 0 Å². The van der Waals surface area contributed by atoms with Gasteiger partial charge in [0.15, 0.2) is 0 Å². The maximum absolute atomic E-state index is 12.4. The zero-order valence-electron chi connectivity index (χ0n) is 19.7. The Hall–Kier alpha value is -3.42. The molecule has 2 aromatic carbocycles. The molecule has 3 amide bonds. The smallest absolute Gasteiger partial charge is 0.407 e. The summed E-state index contributed by atoms with van der Waals surface area (Å²) in [6.45, 7) is 4.59. The number of amides is 3. The number of hydrogen-bond donors (Lipinski definition) is 3. The van der Waals surface area contributed by atoms with E-state index in [0.29, 0.717) is 30.9 Å². The van der Waals surface area contributed by atoms with Crippen molar-refractivity contribution >= 4 is 29.2 Å². The van der Waals surface area contributed by atoms with E-state index < -0.39 is 0 Å². The topological polar surface area (TPSA) is 91.9 Å². The Morgan fingerprint density at radius 3 is 2.24 bits per heavy atom. The van der Waals surface area contributed by atoms with Crippen molar-refractivity contribution in [2.24, 2.45) is 5.92 Å². The fraction of sp³-hybridized carbons (Fsp3) is 0.462. The largest absolute Gasteiger partial charge is 0.490 e. The van der Waals surface area contributed by atoms with Crippen molar-refractivity contribution in [2.75, 3.05) is 41.8 Å². The number of hydrogen-bond acceptors (Lipinski definition) is 5. The Kier molecular flexibility index (Phi) is 8.12. The van der Waals surface area contributed by atoms with Gasteiger partial charge in [0.05, 0.1) is 12.7 Å². The summed E-state index contributed by atoms with van der Waals surface area (Å²) in [5.74, 6) is 1.23. The fourth-order valence-corrected chi connectivity index (χ4v) is 4.51. The molecule has 1 aliphatic heterocycles. The molecule has 2 aromatic rings. The molecule has 1 aliphatic carbocycles. The summed E-state index contributed by atoms with van der Waals surface area (Å²) in [5, 5.41) is 8.55. The van der Waals surface area contributed by atoms with Crippen LogP contribution in [0.2, 0.25) is 0 Å². The third-order valence-corrected chi connectivity index (χ3v) is 6.30. The molecule has 0 spiro atoms. The van der Waals surface area contributed by atoms with Crippen LogP contribution >= 0.6 is 0 Å².